The van der Waals surface area contributed by atoms with Crippen molar-refractivity contribution in [1.82, 2.24) is 0 Å². The second-order valence-electron chi connectivity index (χ2n) is 6.50. The van der Waals surface area contributed by atoms with Crippen LogP contribution in [-0.2, 0) is 19.7 Å². The van der Waals surface area contributed by atoms with Crippen LogP contribution < -0.4 is 0 Å². The summed E-state index contributed by atoms with van der Waals surface area (Å²) in [5.41, 5.74) is 3.72. The maximum absolute atomic E-state index is 11.8. The van der Waals surface area contributed by atoms with Gasteiger partial charge in [-0.05, 0) is 30.4 Å². The van der Waals surface area contributed by atoms with Crippen molar-refractivity contribution in [3.63, 3.8) is 0 Å². The highest BCUT2D eigenvalue weighted by atomic mass is 16.5. The summed E-state index contributed by atoms with van der Waals surface area (Å²) in [6.07, 6.45) is 5.28. The average Bonchev–Trinajstić information content (AvgIpc) is 2.68. The Morgan fingerprint density at radius 2 is 1.60 bits per heavy atom. The fourth-order valence-corrected chi connectivity index (χ4v) is 3.69. The fraction of sp³-hybridized carbons (Fsp3) is 0.273. The maximum Gasteiger partial charge on any atom is 0.293 e. The predicted octanol–water partition coefficient (Wildman–Crippen LogP) is 4.22. The van der Waals surface area contributed by atoms with Crippen LogP contribution in [0, 0.1) is 0 Å². The van der Waals surface area contributed by atoms with Crippen molar-refractivity contribution in [2.75, 3.05) is 6.61 Å². The Labute approximate surface area is 148 Å². The first-order valence-corrected chi connectivity index (χ1v) is 8.60. The highest BCUT2D eigenvalue weighted by Gasteiger charge is 2.35. The van der Waals surface area contributed by atoms with Crippen LogP contribution in [0.2, 0.25) is 0 Å². The molecule has 0 saturated heterocycles. The van der Waals surface area contributed by atoms with Crippen LogP contribution in [0.15, 0.2) is 72.3 Å². The number of allylic oxidation sites excluding steroid dienone is 2. The van der Waals surface area contributed by atoms with Gasteiger partial charge in [0.25, 0.3) is 6.47 Å². The molecule has 2 aromatic rings. The Morgan fingerprint density at radius 1 is 1.00 bits per heavy atom. The third-order valence-electron chi connectivity index (χ3n) is 5.00. The average molecular weight is 334 g/mol. The third kappa shape index (κ3) is 3.87. The summed E-state index contributed by atoms with van der Waals surface area (Å²) < 4.78 is 4.56. The molecule has 0 bridgehead atoms. The molecule has 128 valence electrons. The molecule has 3 heteroatoms. The van der Waals surface area contributed by atoms with Crippen molar-refractivity contribution in [2.24, 2.45) is 0 Å². The van der Waals surface area contributed by atoms with E-state index in [2.05, 4.69) is 59.3 Å². The second-order valence-corrected chi connectivity index (χ2v) is 6.50. The van der Waals surface area contributed by atoms with Crippen LogP contribution >= 0.6 is 0 Å². The molecule has 25 heavy (non-hydrogen) atoms. The van der Waals surface area contributed by atoms with Crippen molar-refractivity contribution in [3.05, 3.63) is 83.4 Å². The standard InChI is InChI=1S/C22H22O3/c23-17-25-16-21(24)15-18-11-13-22(14-12-18,19-7-3-1-4-8-19)20-9-5-2-6-10-20/h1-11,17H,12-16H2. The fourth-order valence-electron chi connectivity index (χ4n) is 3.69. The van der Waals surface area contributed by atoms with Gasteiger partial charge in [0.15, 0.2) is 5.78 Å². The van der Waals surface area contributed by atoms with Crippen LogP contribution in [0.1, 0.15) is 36.8 Å². The van der Waals surface area contributed by atoms with Gasteiger partial charge in [0.05, 0.1) is 0 Å². The number of hydrogen-bond acceptors (Lipinski definition) is 3. The molecule has 0 aromatic heterocycles. The van der Waals surface area contributed by atoms with Crippen LogP contribution in [0.5, 0.6) is 0 Å². The van der Waals surface area contributed by atoms with Gasteiger partial charge in [-0.1, -0.05) is 72.3 Å². The summed E-state index contributed by atoms with van der Waals surface area (Å²) in [7, 11) is 0. The Morgan fingerprint density at radius 3 is 2.08 bits per heavy atom. The minimum Gasteiger partial charge on any atom is -0.460 e. The van der Waals surface area contributed by atoms with Gasteiger partial charge in [-0.25, -0.2) is 0 Å². The zero-order valence-electron chi connectivity index (χ0n) is 14.2. The molecular weight excluding hydrogens is 312 g/mol. The largest absolute Gasteiger partial charge is 0.460 e. The number of benzene rings is 2. The number of rotatable bonds is 7. The Balaban J connectivity index is 1.85. The number of hydrogen-bond donors (Lipinski definition) is 0. The lowest BCUT2D eigenvalue weighted by Gasteiger charge is -2.38. The summed E-state index contributed by atoms with van der Waals surface area (Å²) in [5, 5.41) is 0. The molecular formula is C22H22O3. The smallest absolute Gasteiger partial charge is 0.293 e. The summed E-state index contributed by atoms with van der Waals surface area (Å²) in [6.45, 7) is 0.187. The highest BCUT2D eigenvalue weighted by Crippen LogP contribution is 2.44. The number of Topliss-reactive ketones (excluding diaryl/α,β-unsaturated/α-hetero) is 1. The summed E-state index contributed by atoms with van der Waals surface area (Å²) >= 11 is 0. The van der Waals surface area contributed by atoms with Gasteiger partial charge in [0, 0.05) is 11.8 Å². The number of carbonyl (C=O) groups excluding carboxylic acids is 2. The molecule has 0 aliphatic heterocycles. The van der Waals surface area contributed by atoms with Gasteiger partial charge >= 0.3 is 0 Å². The van der Waals surface area contributed by atoms with Crippen LogP contribution in [0.3, 0.4) is 0 Å². The van der Waals surface area contributed by atoms with E-state index in [0.29, 0.717) is 12.9 Å². The molecule has 3 rings (SSSR count). The van der Waals surface area contributed by atoms with Crippen molar-refractivity contribution < 1.29 is 14.3 Å². The van der Waals surface area contributed by atoms with E-state index in [1.807, 2.05) is 12.1 Å². The quantitative estimate of drug-likeness (QED) is 0.562. The maximum atomic E-state index is 11.8. The first-order chi connectivity index (χ1) is 12.2. The topological polar surface area (TPSA) is 43.4 Å². The molecule has 0 saturated carbocycles. The van der Waals surface area contributed by atoms with Gasteiger partial charge in [0.1, 0.15) is 6.61 Å². The second kappa shape index (κ2) is 7.93. The molecule has 0 radical (unpaired) electrons. The summed E-state index contributed by atoms with van der Waals surface area (Å²) in [6, 6.07) is 21.2. The van der Waals surface area contributed by atoms with Gasteiger partial charge in [-0.2, -0.15) is 0 Å². The van der Waals surface area contributed by atoms with E-state index in [1.54, 1.807) is 0 Å². The number of ether oxygens (including phenoxy) is 1. The highest BCUT2D eigenvalue weighted by molar-refractivity contribution is 5.82. The monoisotopic (exact) mass is 334 g/mol. The molecule has 1 aliphatic carbocycles. The zero-order valence-corrected chi connectivity index (χ0v) is 14.2. The lowest BCUT2D eigenvalue weighted by molar-refractivity contribution is -0.136. The van der Waals surface area contributed by atoms with Gasteiger partial charge < -0.3 is 4.74 Å². The van der Waals surface area contributed by atoms with Crippen molar-refractivity contribution in [2.45, 2.75) is 31.1 Å². The predicted molar refractivity (Wildman–Crippen MR) is 97.2 cm³/mol. The van der Waals surface area contributed by atoms with Crippen molar-refractivity contribution in [1.29, 1.82) is 0 Å². The Kier molecular flexibility index (Phi) is 5.44. The molecule has 0 unspecified atom stereocenters. The van der Waals surface area contributed by atoms with E-state index in [4.69, 9.17) is 0 Å². The zero-order chi connectivity index (χ0) is 17.5. The third-order valence-corrected chi connectivity index (χ3v) is 5.00. The molecule has 2 aromatic carbocycles. The number of carbonyl (C=O) groups is 2. The molecule has 3 nitrogen and oxygen atoms in total. The lowest BCUT2D eigenvalue weighted by atomic mass is 9.66. The van der Waals surface area contributed by atoms with E-state index in [0.717, 1.165) is 24.8 Å². The van der Waals surface area contributed by atoms with E-state index in [-0.39, 0.29) is 17.8 Å². The van der Waals surface area contributed by atoms with E-state index in [1.165, 1.54) is 11.1 Å². The Hall–Kier alpha value is -2.68. The lowest BCUT2D eigenvalue weighted by Crippen LogP contribution is -2.30. The minimum atomic E-state index is -0.136. The van der Waals surface area contributed by atoms with E-state index >= 15 is 0 Å². The van der Waals surface area contributed by atoms with Crippen LogP contribution in [0.4, 0.5) is 0 Å². The summed E-state index contributed by atoms with van der Waals surface area (Å²) in [4.78, 5) is 22.1. The SMILES string of the molecule is O=COCC(=O)CC1=CCC(c2ccccc2)(c2ccccc2)CC1. The van der Waals surface area contributed by atoms with Crippen molar-refractivity contribution in [3.8, 4) is 0 Å². The molecule has 0 heterocycles. The Bertz CT molecular complexity index is 708. The normalized spacial score (nSPS) is 15.9. The van der Waals surface area contributed by atoms with Crippen LogP contribution in [-0.4, -0.2) is 18.9 Å². The first kappa shape index (κ1) is 17.2. The van der Waals surface area contributed by atoms with Crippen LogP contribution in [0.25, 0.3) is 0 Å². The molecule has 0 fully saturated rings. The number of ketones is 1. The van der Waals surface area contributed by atoms with Gasteiger partial charge in [-0.15, -0.1) is 0 Å². The minimum absolute atomic E-state index is 0.0473. The van der Waals surface area contributed by atoms with Gasteiger partial charge in [-0.3, -0.25) is 9.59 Å². The van der Waals surface area contributed by atoms with Crippen molar-refractivity contribution >= 4 is 12.3 Å². The molecule has 0 spiro atoms. The molecule has 0 N–H and O–H groups in total. The van der Waals surface area contributed by atoms with E-state index < -0.39 is 0 Å². The molecule has 1 aliphatic rings. The molecule has 0 atom stereocenters. The van der Waals surface area contributed by atoms with E-state index in [9.17, 15) is 9.59 Å². The summed E-state index contributed by atoms with van der Waals surface area (Å²) in [5.74, 6) is -0.0507. The first-order valence-electron chi connectivity index (χ1n) is 8.60. The van der Waals surface area contributed by atoms with Gasteiger partial charge in [0.2, 0.25) is 0 Å². The molecule has 0 amide bonds.